The van der Waals surface area contributed by atoms with Gasteiger partial charge in [0.1, 0.15) is 11.8 Å². The summed E-state index contributed by atoms with van der Waals surface area (Å²) in [7, 11) is -2.11. The van der Waals surface area contributed by atoms with Gasteiger partial charge in [-0.3, -0.25) is 9.10 Å². The average molecular weight is 453 g/mol. The lowest BCUT2D eigenvalue weighted by Gasteiger charge is -2.30. The maximum Gasteiger partial charge on any atom is 0.244 e. The van der Waals surface area contributed by atoms with Crippen molar-refractivity contribution in [1.82, 2.24) is 5.32 Å². The van der Waals surface area contributed by atoms with E-state index < -0.39 is 22.0 Å². The summed E-state index contributed by atoms with van der Waals surface area (Å²) < 4.78 is 31.4. The van der Waals surface area contributed by atoms with E-state index in [0.29, 0.717) is 17.1 Å². The fourth-order valence-electron chi connectivity index (χ4n) is 3.36. The molecule has 164 valence electrons. The van der Waals surface area contributed by atoms with Gasteiger partial charge >= 0.3 is 0 Å². The third kappa shape index (κ3) is 5.46. The number of rotatable bonds is 8. The van der Waals surface area contributed by atoms with Gasteiger partial charge in [0, 0.05) is 5.02 Å². The van der Waals surface area contributed by atoms with Gasteiger partial charge in [0.05, 0.1) is 25.1 Å². The van der Waals surface area contributed by atoms with E-state index in [4.69, 9.17) is 16.3 Å². The minimum Gasteiger partial charge on any atom is -0.496 e. The summed E-state index contributed by atoms with van der Waals surface area (Å²) in [4.78, 5) is 13.0. The highest BCUT2D eigenvalue weighted by molar-refractivity contribution is 7.92. The van der Waals surface area contributed by atoms with Crippen LogP contribution >= 0.6 is 11.6 Å². The van der Waals surface area contributed by atoms with Crippen molar-refractivity contribution >= 4 is 33.2 Å². The number of nitrogens with one attached hydrogen (secondary N) is 1. The Kier molecular flexibility index (Phi) is 7.77. The van der Waals surface area contributed by atoms with Crippen molar-refractivity contribution in [2.75, 3.05) is 17.7 Å². The van der Waals surface area contributed by atoms with E-state index in [1.807, 2.05) is 39.0 Å². The molecule has 0 radical (unpaired) electrons. The lowest BCUT2D eigenvalue weighted by atomic mass is 10.0. The summed E-state index contributed by atoms with van der Waals surface area (Å²) in [5.41, 5.74) is 3.07. The van der Waals surface area contributed by atoms with Gasteiger partial charge in [-0.2, -0.15) is 0 Å². The van der Waals surface area contributed by atoms with Gasteiger partial charge in [0.15, 0.2) is 0 Å². The van der Waals surface area contributed by atoms with Crippen LogP contribution in [0.25, 0.3) is 0 Å². The number of hydrogen-bond acceptors (Lipinski definition) is 4. The molecule has 2 atom stereocenters. The molecule has 2 aromatic rings. The topological polar surface area (TPSA) is 75.7 Å². The van der Waals surface area contributed by atoms with E-state index >= 15 is 0 Å². The maximum absolute atomic E-state index is 13.0. The lowest BCUT2D eigenvalue weighted by Crippen LogP contribution is -2.48. The van der Waals surface area contributed by atoms with E-state index in [-0.39, 0.29) is 6.04 Å². The first-order valence-corrected chi connectivity index (χ1v) is 11.9. The second-order valence-corrected chi connectivity index (χ2v) is 9.63. The molecule has 2 unspecified atom stereocenters. The Balaban J connectivity index is 2.31. The van der Waals surface area contributed by atoms with Gasteiger partial charge in [-0.15, -0.1) is 0 Å². The van der Waals surface area contributed by atoms with Crippen molar-refractivity contribution < 1.29 is 17.9 Å². The molecule has 2 aromatic carbocycles. The minimum atomic E-state index is -3.72. The second-order valence-electron chi connectivity index (χ2n) is 7.37. The second kappa shape index (κ2) is 9.71. The summed E-state index contributed by atoms with van der Waals surface area (Å²) in [6, 6.07) is 9.46. The van der Waals surface area contributed by atoms with Crippen LogP contribution in [0, 0.1) is 13.8 Å². The van der Waals surface area contributed by atoms with Crippen LogP contribution in [0.4, 0.5) is 5.69 Å². The highest BCUT2D eigenvalue weighted by atomic mass is 35.5. The van der Waals surface area contributed by atoms with Crippen LogP contribution in [0.1, 0.15) is 43.0 Å². The molecule has 0 aliphatic heterocycles. The maximum atomic E-state index is 13.0. The smallest absolute Gasteiger partial charge is 0.244 e. The molecular weight excluding hydrogens is 424 g/mol. The predicted molar refractivity (Wildman–Crippen MR) is 122 cm³/mol. The first-order chi connectivity index (χ1) is 14.0. The van der Waals surface area contributed by atoms with E-state index in [9.17, 15) is 13.2 Å². The average Bonchev–Trinajstić information content (AvgIpc) is 2.67. The van der Waals surface area contributed by atoms with Gasteiger partial charge < -0.3 is 10.1 Å². The van der Waals surface area contributed by atoms with Crippen molar-refractivity contribution in [3.63, 3.8) is 0 Å². The van der Waals surface area contributed by atoms with Crippen LogP contribution in [0.2, 0.25) is 5.02 Å². The highest BCUT2D eigenvalue weighted by Crippen LogP contribution is 2.28. The summed E-state index contributed by atoms with van der Waals surface area (Å²) in [6.45, 7) is 7.29. The summed E-state index contributed by atoms with van der Waals surface area (Å²) >= 11 is 6.19. The van der Waals surface area contributed by atoms with Gasteiger partial charge in [-0.1, -0.05) is 36.7 Å². The largest absolute Gasteiger partial charge is 0.496 e. The minimum absolute atomic E-state index is 0.257. The zero-order valence-corrected chi connectivity index (χ0v) is 19.8. The van der Waals surface area contributed by atoms with Crippen LogP contribution < -0.4 is 14.4 Å². The van der Waals surface area contributed by atoms with Gasteiger partial charge in [-0.25, -0.2) is 8.42 Å². The SMILES string of the molecule is CCC(NC(=O)C(C)N(c1ccc(C)c(Cl)c1)S(C)(=O)=O)c1ccc(OC)c(C)c1. The molecule has 0 bridgehead atoms. The predicted octanol–water partition coefficient (Wildman–Crippen LogP) is 4.39. The van der Waals surface area contributed by atoms with Crippen LogP contribution in [-0.4, -0.2) is 33.7 Å². The number of carbonyl (C=O) groups is 1. The van der Waals surface area contributed by atoms with Gasteiger partial charge in [0.25, 0.3) is 0 Å². The molecule has 0 fully saturated rings. The van der Waals surface area contributed by atoms with E-state index in [1.165, 1.54) is 0 Å². The number of anilines is 1. The first-order valence-electron chi connectivity index (χ1n) is 9.70. The molecule has 0 aromatic heterocycles. The molecule has 2 rings (SSSR count). The fourth-order valence-corrected chi connectivity index (χ4v) is 4.70. The van der Waals surface area contributed by atoms with Crippen LogP contribution in [0.5, 0.6) is 5.75 Å². The number of aryl methyl sites for hydroxylation is 2. The van der Waals surface area contributed by atoms with E-state index in [2.05, 4.69) is 5.32 Å². The highest BCUT2D eigenvalue weighted by Gasteiger charge is 2.30. The molecule has 0 aliphatic rings. The summed E-state index contributed by atoms with van der Waals surface area (Å²) in [6.07, 6.45) is 1.73. The van der Waals surface area contributed by atoms with E-state index in [1.54, 1.807) is 32.2 Å². The summed E-state index contributed by atoms with van der Waals surface area (Å²) in [5, 5.41) is 3.42. The molecule has 0 heterocycles. The summed E-state index contributed by atoms with van der Waals surface area (Å²) in [5.74, 6) is 0.380. The fraction of sp³-hybridized carbons (Fsp3) is 0.409. The van der Waals surface area contributed by atoms with Crippen molar-refractivity contribution in [2.45, 2.75) is 46.2 Å². The number of methoxy groups -OCH3 is 1. The Morgan fingerprint density at radius 2 is 1.83 bits per heavy atom. The molecule has 1 N–H and O–H groups in total. The van der Waals surface area contributed by atoms with E-state index in [0.717, 1.165) is 33.0 Å². The monoisotopic (exact) mass is 452 g/mol. The first kappa shape index (κ1) is 24.0. The standard InChI is InChI=1S/C22H29ClN2O4S/c1-7-20(17-9-11-21(29-5)15(3)12-17)24-22(26)16(4)25(30(6,27)28)18-10-8-14(2)19(23)13-18/h8-13,16,20H,7H2,1-6H3,(H,24,26). The quantitative estimate of drug-likeness (QED) is 0.644. The molecule has 0 aliphatic carbocycles. The lowest BCUT2D eigenvalue weighted by molar-refractivity contribution is -0.122. The number of benzene rings is 2. The number of halogens is 1. The molecule has 0 saturated heterocycles. The molecular formula is C22H29ClN2O4S. The molecule has 8 heteroatoms. The molecule has 0 spiro atoms. The Labute approximate surface area is 184 Å². The number of ether oxygens (including phenoxy) is 1. The van der Waals surface area contributed by atoms with Crippen molar-refractivity contribution in [3.05, 3.63) is 58.1 Å². The Bertz CT molecular complexity index is 1020. The third-order valence-corrected chi connectivity index (χ3v) is 6.69. The van der Waals surface area contributed by atoms with Gasteiger partial charge in [-0.05, 0) is 62.1 Å². The normalized spacial score (nSPS) is 13.4. The third-order valence-electron chi connectivity index (χ3n) is 5.04. The zero-order valence-electron chi connectivity index (χ0n) is 18.2. The zero-order chi connectivity index (χ0) is 22.6. The van der Waals surface area contributed by atoms with Crippen LogP contribution in [0.3, 0.4) is 0 Å². The van der Waals surface area contributed by atoms with Crippen molar-refractivity contribution in [1.29, 1.82) is 0 Å². The number of hydrogen-bond donors (Lipinski definition) is 1. The number of nitrogens with zero attached hydrogens (tertiary/aromatic N) is 1. The van der Waals surface area contributed by atoms with Crippen LogP contribution in [-0.2, 0) is 14.8 Å². The molecule has 30 heavy (non-hydrogen) atoms. The van der Waals surface area contributed by atoms with Gasteiger partial charge in [0.2, 0.25) is 15.9 Å². The van der Waals surface area contributed by atoms with Crippen LogP contribution in [0.15, 0.2) is 36.4 Å². The molecule has 0 saturated carbocycles. The Morgan fingerprint density at radius 3 is 2.33 bits per heavy atom. The molecule has 1 amide bonds. The molecule has 6 nitrogen and oxygen atoms in total. The Hall–Kier alpha value is -2.25. The number of carbonyl (C=O) groups excluding carboxylic acids is 1. The van der Waals surface area contributed by atoms with Crippen molar-refractivity contribution in [3.8, 4) is 5.75 Å². The number of sulfonamides is 1. The van der Waals surface area contributed by atoms with Crippen molar-refractivity contribution in [2.24, 2.45) is 0 Å². The number of amides is 1. The Morgan fingerprint density at radius 1 is 1.17 bits per heavy atom.